The van der Waals surface area contributed by atoms with Gasteiger partial charge in [0, 0.05) is 63.5 Å². The van der Waals surface area contributed by atoms with Crippen LogP contribution in [0.3, 0.4) is 0 Å². The number of allylic oxidation sites excluding steroid dienone is 4. The van der Waals surface area contributed by atoms with Crippen LogP contribution in [0.15, 0.2) is 35.6 Å². The number of halogens is 1. The molecule has 0 aromatic carbocycles. The SMILES string of the molecule is CC(C)N/C=C1/C=CC=C(C(=O)NCC2(F)CCN(CC3(O)CCOCC3)CC2)C1=N. The van der Waals surface area contributed by atoms with Crippen LogP contribution in [0, 0.1) is 5.41 Å². The third kappa shape index (κ3) is 6.48. The van der Waals surface area contributed by atoms with Gasteiger partial charge in [0.05, 0.1) is 23.4 Å². The largest absolute Gasteiger partial charge is 0.388 e. The normalized spacial score (nSPS) is 24.9. The fourth-order valence-corrected chi connectivity index (χ4v) is 4.08. The second kappa shape index (κ2) is 10.1. The molecule has 0 radical (unpaired) electrons. The van der Waals surface area contributed by atoms with Crippen LogP contribution < -0.4 is 10.6 Å². The highest BCUT2D eigenvalue weighted by atomic mass is 19.1. The summed E-state index contributed by atoms with van der Waals surface area (Å²) in [7, 11) is 0. The summed E-state index contributed by atoms with van der Waals surface area (Å²) in [6.07, 6.45) is 8.64. The number of amides is 1. The maximum Gasteiger partial charge on any atom is 0.253 e. The summed E-state index contributed by atoms with van der Waals surface area (Å²) in [5.41, 5.74) is -1.24. The number of rotatable bonds is 7. The highest BCUT2D eigenvalue weighted by molar-refractivity contribution is 6.28. The standard InChI is InChI=1S/C23H35FN4O3/c1-17(2)26-14-18-4-3-5-19(20(18)25)21(29)27-15-22(24)6-10-28(11-7-22)16-23(30)8-12-31-13-9-23/h3-5,14,17,25-26,30H,6-13,15-16H2,1-2H3,(H,27,29)/b18-14-,25-20?. The topological polar surface area (TPSA) is 97.7 Å². The molecule has 0 aromatic heterocycles. The number of nitrogens with zero attached hydrogens (tertiary/aromatic N) is 1. The number of carbonyl (C=O) groups excluding carboxylic acids is 1. The molecule has 1 aliphatic carbocycles. The van der Waals surface area contributed by atoms with E-state index in [9.17, 15) is 9.90 Å². The first kappa shape index (κ1) is 23.6. The van der Waals surface area contributed by atoms with E-state index < -0.39 is 17.2 Å². The molecule has 172 valence electrons. The predicted molar refractivity (Wildman–Crippen MR) is 119 cm³/mol. The van der Waals surface area contributed by atoms with Crippen LogP contribution in [0.4, 0.5) is 4.39 Å². The van der Waals surface area contributed by atoms with Gasteiger partial charge in [-0.05, 0) is 32.8 Å². The van der Waals surface area contributed by atoms with Crippen molar-refractivity contribution >= 4 is 11.6 Å². The number of likely N-dealkylation sites (tertiary alicyclic amines) is 1. The number of nitrogens with one attached hydrogen (secondary N) is 3. The van der Waals surface area contributed by atoms with E-state index in [0.29, 0.717) is 64.1 Å². The van der Waals surface area contributed by atoms with E-state index in [1.54, 1.807) is 24.4 Å². The van der Waals surface area contributed by atoms with Crippen molar-refractivity contribution in [2.45, 2.75) is 56.8 Å². The van der Waals surface area contributed by atoms with Crippen LogP contribution in [0.2, 0.25) is 0 Å². The molecule has 7 nitrogen and oxygen atoms in total. The Labute approximate surface area is 183 Å². The molecule has 1 amide bonds. The lowest BCUT2D eigenvalue weighted by atomic mass is 9.89. The Kier molecular flexibility index (Phi) is 7.67. The van der Waals surface area contributed by atoms with Crippen molar-refractivity contribution in [3.63, 3.8) is 0 Å². The Balaban J connectivity index is 1.48. The van der Waals surface area contributed by atoms with E-state index in [1.807, 2.05) is 13.8 Å². The number of hydrogen-bond acceptors (Lipinski definition) is 6. The van der Waals surface area contributed by atoms with Crippen molar-refractivity contribution in [2.24, 2.45) is 0 Å². The first-order valence-corrected chi connectivity index (χ1v) is 11.1. The molecule has 4 N–H and O–H groups in total. The molecule has 2 heterocycles. The lowest BCUT2D eigenvalue weighted by Gasteiger charge is -2.41. The highest BCUT2D eigenvalue weighted by Crippen LogP contribution is 2.29. The number of ether oxygens (including phenoxy) is 1. The molecule has 31 heavy (non-hydrogen) atoms. The summed E-state index contributed by atoms with van der Waals surface area (Å²) in [5, 5.41) is 24.8. The molecule has 0 aromatic rings. The minimum absolute atomic E-state index is 0.0740. The fourth-order valence-electron chi connectivity index (χ4n) is 4.08. The van der Waals surface area contributed by atoms with Gasteiger partial charge in [-0.25, -0.2) is 4.39 Å². The summed E-state index contributed by atoms with van der Waals surface area (Å²) in [4.78, 5) is 14.7. The molecule has 0 saturated carbocycles. The van der Waals surface area contributed by atoms with Crippen LogP contribution in [-0.4, -0.2) is 78.3 Å². The van der Waals surface area contributed by atoms with E-state index in [-0.39, 0.29) is 23.9 Å². The van der Waals surface area contributed by atoms with Crippen molar-refractivity contribution in [1.82, 2.24) is 15.5 Å². The molecule has 0 spiro atoms. The van der Waals surface area contributed by atoms with Crippen molar-refractivity contribution in [1.29, 1.82) is 5.41 Å². The van der Waals surface area contributed by atoms with Gasteiger partial charge >= 0.3 is 0 Å². The van der Waals surface area contributed by atoms with Crippen molar-refractivity contribution in [3.8, 4) is 0 Å². The summed E-state index contributed by atoms with van der Waals surface area (Å²) >= 11 is 0. The first-order chi connectivity index (χ1) is 14.7. The molecule has 0 atom stereocenters. The smallest absolute Gasteiger partial charge is 0.253 e. The molecule has 2 aliphatic heterocycles. The fraction of sp³-hybridized carbons (Fsp3) is 0.652. The average molecular weight is 435 g/mol. The van der Waals surface area contributed by atoms with Crippen LogP contribution in [-0.2, 0) is 9.53 Å². The molecule has 3 rings (SSSR count). The van der Waals surface area contributed by atoms with Gasteiger partial charge in [0.2, 0.25) is 0 Å². The molecule has 0 unspecified atom stereocenters. The number of hydrogen-bond donors (Lipinski definition) is 4. The van der Waals surface area contributed by atoms with Gasteiger partial charge in [0.15, 0.2) is 0 Å². The van der Waals surface area contributed by atoms with E-state index in [1.165, 1.54) is 0 Å². The Hall–Kier alpha value is -2.03. The van der Waals surface area contributed by atoms with Crippen molar-refractivity contribution in [2.75, 3.05) is 39.4 Å². The molecule has 2 saturated heterocycles. The van der Waals surface area contributed by atoms with Gasteiger partial charge in [-0.15, -0.1) is 0 Å². The second-order valence-corrected chi connectivity index (χ2v) is 9.18. The average Bonchev–Trinajstić information content (AvgIpc) is 2.73. The van der Waals surface area contributed by atoms with Gasteiger partial charge in [-0.3, -0.25) is 10.2 Å². The Bertz CT molecular complexity index is 761. The van der Waals surface area contributed by atoms with Crippen LogP contribution >= 0.6 is 0 Å². The molecule has 0 bridgehead atoms. The van der Waals surface area contributed by atoms with E-state index in [4.69, 9.17) is 10.1 Å². The third-order valence-corrected chi connectivity index (χ3v) is 6.17. The third-order valence-electron chi connectivity index (χ3n) is 6.17. The first-order valence-electron chi connectivity index (χ1n) is 11.1. The summed E-state index contributed by atoms with van der Waals surface area (Å²) in [6.45, 7) is 6.67. The van der Waals surface area contributed by atoms with E-state index >= 15 is 4.39 Å². The zero-order chi connectivity index (χ0) is 22.5. The quantitative estimate of drug-likeness (QED) is 0.490. The molecule has 2 fully saturated rings. The Morgan fingerprint density at radius 1 is 1.32 bits per heavy atom. The predicted octanol–water partition coefficient (Wildman–Crippen LogP) is 1.85. The molecule has 8 heteroatoms. The second-order valence-electron chi connectivity index (χ2n) is 9.18. The maximum absolute atomic E-state index is 15.3. The van der Waals surface area contributed by atoms with Gasteiger partial charge in [-0.2, -0.15) is 0 Å². The van der Waals surface area contributed by atoms with Crippen molar-refractivity contribution in [3.05, 3.63) is 35.6 Å². The summed E-state index contributed by atoms with van der Waals surface area (Å²) in [5.74, 6) is -0.430. The van der Waals surface area contributed by atoms with Crippen molar-refractivity contribution < 1.29 is 19.0 Å². The molecular weight excluding hydrogens is 399 g/mol. The summed E-state index contributed by atoms with van der Waals surface area (Å²) in [6, 6.07) is 0.223. The van der Waals surface area contributed by atoms with Gasteiger partial charge < -0.3 is 25.4 Å². The Morgan fingerprint density at radius 3 is 2.65 bits per heavy atom. The number of carbonyl (C=O) groups is 1. The zero-order valence-electron chi connectivity index (χ0n) is 18.5. The van der Waals surface area contributed by atoms with Gasteiger partial charge in [0.25, 0.3) is 5.91 Å². The summed E-state index contributed by atoms with van der Waals surface area (Å²) < 4.78 is 20.6. The lowest BCUT2D eigenvalue weighted by Crippen LogP contribution is -2.53. The van der Waals surface area contributed by atoms with Crippen LogP contribution in [0.25, 0.3) is 0 Å². The zero-order valence-corrected chi connectivity index (χ0v) is 18.5. The van der Waals surface area contributed by atoms with Crippen LogP contribution in [0.5, 0.6) is 0 Å². The minimum atomic E-state index is -1.48. The molecule has 3 aliphatic rings. The van der Waals surface area contributed by atoms with Gasteiger partial charge in [-0.1, -0.05) is 12.2 Å². The molecular formula is C23H35FN4O3. The number of piperidine rings is 1. The van der Waals surface area contributed by atoms with Crippen LogP contribution in [0.1, 0.15) is 39.5 Å². The number of alkyl halides is 1. The lowest BCUT2D eigenvalue weighted by molar-refractivity contribution is -0.118. The highest BCUT2D eigenvalue weighted by Gasteiger charge is 2.38. The van der Waals surface area contributed by atoms with E-state index in [0.717, 1.165) is 0 Å². The maximum atomic E-state index is 15.3. The van der Waals surface area contributed by atoms with Gasteiger partial charge in [0.1, 0.15) is 5.67 Å². The minimum Gasteiger partial charge on any atom is -0.388 e. The monoisotopic (exact) mass is 434 g/mol. The Morgan fingerprint density at radius 2 is 2.00 bits per heavy atom. The number of aliphatic hydroxyl groups is 1. The number of β-amino-alcohol motifs (C(OH)–C–C–N with tert-alkyl or cyclic N) is 1. The van der Waals surface area contributed by atoms with E-state index in [2.05, 4.69) is 15.5 Å².